The third-order valence-electron chi connectivity index (χ3n) is 4.65. The van der Waals surface area contributed by atoms with Crippen molar-refractivity contribution in [3.63, 3.8) is 0 Å². The van der Waals surface area contributed by atoms with E-state index in [-0.39, 0.29) is 24.2 Å². The maximum absolute atomic E-state index is 12.2. The summed E-state index contributed by atoms with van der Waals surface area (Å²) in [5, 5.41) is 6.90. The summed E-state index contributed by atoms with van der Waals surface area (Å²) in [5.74, 6) is -0.355. The van der Waals surface area contributed by atoms with Crippen LogP contribution in [0.1, 0.15) is 35.7 Å². The van der Waals surface area contributed by atoms with Crippen molar-refractivity contribution in [2.75, 3.05) is 6.54 Å². The molecule has 0 bridgehead atoms. The molecular weight excluding hydrogens is 290 g/mol. The van der Waals surface area contributed by atoms with Gasteiger partial charge in [0, 0.05) is 30.6 Å². The number of hydrogen-bond acceptors (Lipinski definition) is 2. The van der Waals surface area contributed by atoms with Crippen LogP contribution >= 0.6 is 0 Å². The molecule has 0 radical (unpaired) electrons. The Morgan fingerprint density at radius 2 is 2.13 bits per heavy atom. The predicted octanol–water partition coefficient (Wildman–Crippen LogP) is 2.10. The molecular formula is C18H23N3O2. The predicted molar refractivity (Wildman–Crippen MR) is 90.1 cm³/mol. The lowest BCUT2D eigenvalue weighted by Gasteiger charge is -2.11. The summed E-state index contributed by atoms with van der Waals surface area (Å²) in [6.45, 7) is 7.26. The van der Waals surface area contributed by atoms with Crippen LogP contribution in [-0.2, 0) is 22.6 Å². The lowest BCUT2D eigenvalue weighted by atomic mass is 10.0. The summed E-state index contributed by atoms with van der Waals surface area (Å²) in [6, 6.07) is 4.29. The minimum absolute atomic E-state index is 0.0457. The first kappa shape index (κ1) is 15.6. The molecule has 23 heavy (non-hydrogen) atoms. The molecule has 0 aliphatic carbocycles. The minimum atomic E-state index is -0.251. The Labute approximate surface area is 135 Å². The van der Waals surface area contributed by atoms with Gasteiger partial charge in [0.15, 0.2) is 0 Å². The van der Waals surface area contributed by atoms with E-state index in [2.05, 4.69) is 48.5 Å². The summed E-state index contributed by atoms with van der Waals surface area (Å²) in [5.41, 5.74) is 5.90. The molecule has 2 amide bonds. The van der Waals surface area contributed by atoms with Gasteiger partial charge in [-0.1, -0.05) is 18.6 Å². The Kier molecular flexibility index (Phi) is 4.11. The van der Waals surface area contributed by atoms with E-state index in [0.29, 0.717) is 13.1 Å². The molecule has 1 aliphatic rings. The molecule has 3 N–H and O–H groups in total. The third kappa shape index (κ3) is 2.96. The van der Waals surface area contributed by atoms with E-state index >= 15 is 0 Å². The number of carbonyl (C=O) groups is 2. The first-order valence-corrected chi connectivity index (χ1v) is 8.14. The number of H-pyrrole nitrogens is 1. The van der Waals surface area contributed by atoms with Gasteiger partial charge in [0.05, 0.1) is 11.4 Å². The van der Waals surface area contributed by atoms with Crippen LogP contribution in [0.15, 0.2) is 12.1 Å². The van der Waals surface area contributed by atoms with Crippen molar-refractivity contribution in [1.82, 2.24) is 15.6 Å². The van der Waals surface area contributed by atoms with Crippen LogP contribution < -0.4 is 10.6 Å². The van der Waals surface area contributed by atoms with Gasteiger partial charge in [0.25, 0.3) is 0 Å². The molecule has 5 heteroatoms. The number of aromatic nitrogens is 1. The Hall–Kier alpha value is -2.30. The molecule has 0 spiro atoms. The quantitative estimate of drug-likeness (QED) is 0.808. The summed E-state index contributed by atoms with van der Waals surface area (Å²) < 4.78 is 0. The van der Waals surface area contributed by atoms with Crippen molar-refractivity contribution < 1.29 is 9.59 Å². The summed E-state index contributed by atoms with van der Waals surface area (Å²) in [7, 11) is 0. The average Bonchev–Trinajstić information content (AvgIpc) is 3.09. The molecule has 1 aromatic heterocycles. The first-order chi connectivity index (χ1) is 11.0. The number of aryl methyl sites for hydroxylation is 3. The van der Waals surface area contributed by atoms with Gasteiger partial charge in [-0.25, -0.2) is 0 Å². The lowest BCUT2D eigenvalue weighted by Crippen LogP contribution is -2.31. The van der Waals surface area contributed by atoms with Gasteiger partial charge in [0.2, 0.25) is 11.8 Å². The molecule has 2 aromatic rings. The highest BCUT2D eigenvalue weighted by atomic mass is 16.2. The van der Waals surface area contributed by atoms with Crippen LogP contribution in [-0.4, -0.2) is 23.3 Å². The van der Waals surface area contributed by atoms with Gasteiger partial charge in [0.1, 0.15) is 0 Å². The van der Waals surface area contributed by atoms with Crippen molar-refractivity contribution in [2.24, 2.45) is 5.92 Å². The lowest BCUT2D eigenvalue weighted by molar-refractivity contribution is -0.126. The number of aromatic amines is 1. The van der Waals surface area contributed by atoms with E-state index < -0.39 is 0 Å². The van der Waals surface area contributed by atoms with Gasteiger partial charge in [-0.3, -0.25) is 9.59 Å². The van der Waals surface area contributed by atoms with Crippen molar-refractivity contribution in [1.29, 1.82) is 0 Å². The molecule has 0 saturated carbocycles. The van der Waals surface area contributed by atoms with Crippen molar-refractivity contribution in [2.45, 2.75) is 40.2 Å². The van der Waals surface area contributed by atoms with E-state index in [1.807, 2.05) is 0 Å². The van der Waals surface area contributed by atoms with Crippen LogP contribution in [0, 0.1) is 19.8 Å². The van der Waals surface area contributed by atoms with Gasteiger partial charge in [-0.05, 0) is 37.5 Å². The zero-order valence-corrected chi connectivity index (χ0v) is 13.9. The van der Waals surface area contributed by atoms with E-state index in [9.17, 15) is 9.59 Å². The number of carbonyl (C=O) groups excluding carboxylic acids is 2. The molecule has 1 saturated heterocycles. The van der Waals surface area contributed by atoms with Crippen molar-refractivity contribution in [3.8, 4) is 0 Å². The zero-order chi connectivity index (χ0) is 16.6. The number of hydrogen-bond donors (Lipinski definition) is 3. The molecule has 2 heterocycles. The number of nitrogens with one attached hydrogen (secondary N) is 3. The van der Waals surface area contributed by atoms with Crippen molar-refractivity contribution in [3.05, 3.63) is 34.5 Å². The van der Waals surface area contributed by atoms with Gasteiger partial charge in [-0.15, -0.1) is 0 Å². The van der Waals surface area contributed by atoms with Crippen LogP contribution in [0.2, 0.25) is 0 Å². The average molecular weight is 313 g/mol. The number of amides is 2. The number of rotatable bonds is 4. The molecule has 1 aliphatic heterocycles. The maximum Gasteiger partial charge on any atom is 0.225 e. The molecule has 5 nitrogen and oxygen atoms in total. The van der Waals surface area contributed by atoms with E-state index in [0.717, 1.165) is 17.5 Å². The second kappa shape index (κ2) is 6.07. The highest BCUT2D eigenvalue weighted by molar-refractivity contribution is 5.90. The largest absolute Gasteiger partial charge is 0.358 e. The molecule has 1 aromatic carbocycles. The highest BCUT2D eigenvalue weighted by Crippen LogP contribution is 2.26. The second-order valence-corrected chi connectivity index (χ2v) is 6.35. The summed E-state index contributed by atoms with van der Waals surface area (Å²) in [4.78, 5) is 26.9. The third-order valence-corrected chi connectivity index (χ3v) is 4.65. The zero-order valence-electron chi connectivity index (χ0n) is 13.9. The summed E-state index contributed by atoms with van der Waals surface area (Å²) >= 11 is 0. The molecule has 0 unspecified atom stereocenters. The Morgan fingerprint density at radius 3 is 2.78 bits per heavy atom. The highest BCUT2D eigenvalue weighted by Gasteiger charge is 2.27. The number of fused-ring (bicyclic) bond motifs is 1. The van der Waals surface area contributed by atoms with Gasteiger partial charge in [-0.2, -0.15) is 0 Å². The minimum Gasteiger partial charge on any atom is -0.358 e. The van der Waals surface area contributed by atoms with Crippen molar-refractivity contribution >= 4 is 22.7 Å². The Bertz CT molecular complexity index is 776. The second-order valence-electron chi connectivity index (χ2n) is 6.35. The fourth-order valence-corrected chi connectivity index (χ4v) is 3.32. The fourth-order valence-electron chi connectivity index (χ4n) is 3.32. The first-order valence-electron chi connectivity index (χ1n) is 8.14. The number of benzene rings is 1. The SMILES string of the molecule is CCc1[nH]c2c(CNC(=O)[C@@H]3CNC(=O)C3)cc(C)cc2c1C. The van der Waals surface area contributed by atoms with E-state index in [4.69, 9.17) is 0 Å². The monoisotopic (exact) mass is 313 g/mol. The maximum atomic E-state index is 12.2. The topological polar surface area (TPSA) is 74.0 Å². The van der Waals surface area contributed by atoms with Gasteiger partial charge < -0.3 is 15.6 Å². The smallest absolute Gasteiger partial charge is 0.225 e. The molecule has 3 rings (SSSR count). The standard InChI is InChI=1S/C18H23N3O2/c1-4-15-11(3)14-6-10(2)5-12(17(14)21-15)8-20-18(23)13-7-16(22)19-9-13/h5-6,13,21H,4,7-9H2,1-3H3,(H,19,22)(H,20,23)/t13-/m0/s1. The van der Waals surface area contributed by atoms with Gasteiger partial charge >= 0.3 is 0 Å². The molecule has 1 atom stereocenters. The summed E-state index contributed by atoms with van der Waals surface area (Å²) in [6.07, 6.45) is 1.25. The normalized spacial score (nSPS) is 17.5. The Balaban J connectivity index is 1.82. The molecule has 1 fully saturated rings. The van der Waals surface area contributed by atoms with E-state index in [1.165, 1.54) is 22.2 Å². The van der Waals surface area contributed by atoms with Crippen LogP contribution in [0.4, 0.5) is 0 Å². The van der Waals surface area contributed by atoms with Crippen LogP contribution in [0.5, 0.6) is 0 Å². The molecule has 122 valence electrons. The Morgan fingerprint density at radius 1 is 1.35 bits per heavy atom. The fraction of sp³-hybridized carbons (Fsp3) is 0.444. The van der Waals surface area contributed by atoms with Crippen LogP contribution in [0.3, 0.4) is 0 Å². The van der Waals surface area contributed by atoms with Crippen LogP contribution in [0.25, 0.3) is 10.9 Å². The van der Waals surface area contributed by atoms with E-state index in [1.54, 1.807) is 0 Å².